The predicted molar refractivity (Wildman–Crippen MR) is 120 cm³/mol. The monoisotopic (exact) mass is 476 g/mol. The first-order chi connectivity index (χ1) is 15.9. The quantitative estimate of drug-likeness (QED) is 0.379. The van der Waals surface area contributed by atoms with E-state index in [2.05, 4.69) is 15.4 Å². The zero-order chi connectivity index (χ0) is 23.8. The smallest absolute Gasteiger partial charge is 0.387 e. The van der Waals surface area contributed by atoms with E-state index >= 15 is 0 Å². The molecule has 10 heteroatoms. The van der Waals surface area contributed by atoms with Crippen molar-refractivity contribution >= 4 is 40.9 Å². The number of rotatable bonds is 9. The predicted octanol–water partition coefficient (Wildman–Crippen LogP) is 5.84. The summed E-state index contributed by atoms with van der Waals surface area (Å²) in [4.78, 5) is 24.7. The summed E-state index contributed by atoms with van der Waals surface area (Å²) < 4.78 is 39.9. The molecule has 0 unspecified atom stereocenters. The van der Waals surface area contributed by atoms with Crippen molar-refractivity contribution in [2.24, 2.45) is 0 Å². The van der Waals surface area contributed by atoms with E-state index in [0.29, 0.717) is 16.3 Å². The fraction of sp³-hybridized carbons (Fsp3) is 0.130. The molecule has 0 bridgehead atoms. The molecule has 3 rings (SSSR count). The van der Waals surface area contributed by atoms with Crippen LogP contribution in [0.3, 0.4) is 0 Å². The molecule has 7 nitrogen and oxygen atoms in total. The molecule has 0 saturated heterocycles. The number of benzene rings is 2. The van der Waals surface area contributed by atoms with Gasteiger partial charge in [0.15, 0.2) is 17.3 Å². The van der Waals surface area contributed by atoms with Crippen LogP contribution in [0.15, 0.2) is 65.3 Å². The second-order valence-corrected chi connectivity index (χ2v) is 6.90. The van der Waals surface area contributed by atoms with E-state index in [1.54, 1.807) is 19.1 Å². The summed E-state index contributed by atoms with van der Waals surface area (Å²) in [5.41, 5.74) is 1.11. The van der Waals surface area contributed by atoms with Crippen LogP contribution in [0.1, 0.15) is 23.0 Å². The minimum Gasteiger partial charge on any atom is -0.490 e. The molecule has 1 aromatic heterocycles. The molecule has 0 aliphatic heterocycles. The molecule has 0 aliphatic carbocycles. The highest BCUT2D eigenvalue weighted by atomic mass is 35.5. The van der Waals surface area contributed by atoms with Crippen molar-refractivity contribution in [1.82, 2.24) is 0 Å². The van der Waals surface area contributed by atoms with Gasteiger partial charge in [0.1, 0.15) is 0 Å². The van der Waals surface area contributed by atoms with Gasteiger partial charge in [-0.15, -0.1) is 0 Å². The molecule has 0 spiro atoms. The largest absolute Gasteiger partial charge is 0.490 e. The number of carbonyl (C=O) groups excluding carboxylic acids is 2. The van der Waals surface area contributed by atoms with Crippen LogP contribution in [-0.4, -0.2) is 25.0 Å². The van der Waals surface area contributed by atoms with Crippen molar-refractivity contribution in [2.75, 3.05) is 17.2 Å². The molecule has 0 fully saturated rings. The van der Waals surface area contributed by atoms with E-state index in [1.807, 2.05) is 0 Å². The maximum absolute atomic E-state index is 12.5. The van der Waals surface area contributed by atoms with Crippen LogP contribution in [0, 0.1) is 0 Å². The van der Waals surface area contributed by atoms with Gasteiger partial charge in [0.2, 0.25) is 5.91 Å². The van der Waals surface area contributed by atoms with E-state index in [9.17, 15) is 18.4 Å². The van der Waals surface area contributed by atoms with Crippen molar-refractivity contribution in [3.8, 4) is 11.5 Å². The molecule has 2 N–H and O–H groups in total. The minimum absolute atomic E-state index is 0.0940. The number of ether oxygens (including phenoxy) is 2. The second-order valence-electron chi connectivity index (χ2n) is 6.46. The van der Waals surface area contributed by atoms with Crippen LogP contribution in [-0.2, 0) is 4.79 Å². The molecular weight excluding hydrogens is 458 g/mol. The third-order valence-corrected chi connectivity index (χ3v) is 4.38. The zero-order valence-corrected chi connectivity index (χ0v) is 18.1. The number of amides is 2. The Kier molecular flexibility index (Phi) is 8.04. The highest BCUT2D eigenvalue weighted by Crippen LogP contribution is 2.30. The van der Waals surface area contributed by atoms with Gasteiger partial charge in [0, 0.05) is 11.1 Å². The number of hydrogen-bond acceptors (Lipinski definition) is 5. The van der Waals surface area contributed by atoms with Gasteiger partial charge in [-0.3, -0.25) is 9.59 Å². The third-order valence-electron chi connectivity index (χ3n) is 4.14. The highest BCUT2D eigenvalue weighted by molar-refractivity contribution is 6.31. The van der Waals surface area contributed by atoms with Gasteiger partial charge in [-0.1, -0.05) is 17.7 Å². The highest BCUT2D eigenvalue weighted by Gasteiger charge is 2.14. The summed E-state index contributed by atoms with van der Waals surface area (Å²) in [6.07, 6.45) is 4.08. The van der Waals surface area contributed by atoms with E-state index in [4.69, 9.17) is 20.8 Å². The average Bonchev–Trinajstić information content (AvgIpc) is 3.31. The van der Waals surface area contributed by atoms with Crippen LogP contribution < -0.4 is 20.1 Å². The van der Waals surface area contributed by atoms with Crippen LogP contribution in [0.2, 0.25) is 5.02 Å². The van der Waals surface area contributed by atoms with Crippen LogP contribution in [0.25, 0.3) is 6.08 Å². The first-order valence-corrected chi connectivity index (χ1v) is 10.1. The van der Waals surface area contributed by atoms with Gasteiger partial charge < -0.3 is 24.5 Å². The standard InChI is InChI=1S/C23H19ClF2N2O5/c1-2-31-20-12-14(5-9-18(20)33-23(25)26)6-10-21(29)27-16-8-7-15(24)13-17(16)28-22(30)19-4-3-11-32-19/h3-13,23H,2H2,1H3,(H,27,29)(H,28,30)/b10-6+. The SMILES string of the molecule is CCOc1cc(/C=C/C(=O)Nc2ccc(Cl)cc2NC(=O)c2ccco2)ccc1OC(F)F. The Hall–Kier alpha value is -3.85. The van der Waals surface area contributed by atoms with E-state index in [-0.39, 0.29) is 29.6 Å². The second kappa shape index (κ2) is 11.1. The van der Waals surface area contributed by atoms with Crippen LogP contribution in [0.5, 0.6) is 11.5 Å². The number of anilines is 2. The summed E-state index contributed by atoms with van der Waals surface area (Å²) in [5, 5.41) is 5.63. The van der Waals surface area contributed by atoms with Crippen LogP contribution in [0.4, 0.5) is 20.2 Å². The van der Waals surface area contributed by atoms with Gasteiger partial charge in [-0.2, -0.15) is 8.78 Å². The maximum Gasteiger partial charge on any atom is 0.387 e. The fourth-order valence-corrected chi connectivity index (χ4v) is 2.93. The minimum atomic E-state index is -2.99. The molecule has 0 radical (unpaired) electrons. The number of alkyl halides is 2. The van der Waals surface area contributed by atoms with E-state index in [1.165, 1.54) is 54.8 Å². The molecule has 3 aromatic rings. The Morgan fingerprint density at radius 3 is 2.61 bits per heavy atom. The van der Waals surface area contributed by atoms with Gasteiger partial charge in [0.25, 0.3) is 5.91 Å². The molecule has 2 amide bonds. The Balaban J connectivity index is 1.73. The summed E-state index contributed by atoms with van der Waals surface area (Å²) in [6.45, 7) is -1.04. The third kappa shape index (κ3) is 6.81. The first kappa shape index (κ1) is 23.8. The number of hydrogen-bond donors (Lipinski definition) is 2. The Morgan fingerprint density at radius 2 is 1.91 bits per heavy atom. The van der Waals surface area contributed by atoms with Crippen LogP contribution >= 0.6 is 11.6 Å². The number of carbonyl (C=O) groups is 2. The van der Waals surface area contributed by atoms with Crippen molar-refractivity contribution in [3.63, 3.8) is 0 Å². The fourth-order valence-electron chi connectivity index (χ4n) is 2.76. The normalized spacial score (nSPS) is 10.9. The van der Waals surface area contributed by atoms with Crippen molar-refractivity contribution in [2.45, 2.75) is 13.5 Å². The molecule has 33 heavy (non-hydrogen) atoms. The molecule has 2 aromatic carbocycles. The van der Waals surface area contributed by atoms with Gasteiger partial charge in [-0.25, -0.2) is 0 Å². The summed E-state index contributed by atoms with van der Waals surface area (Å²) in [5.74, 6) is -0.899. The van der Waals surface area contributed by atoms with Crippen molar-refractivity contribution in [3.05, 3.63) is 77.2 Å². The lowest BCUT2D eigenvalue weighted by molar-refractivity contribution is -0.111. The topological polar surface area (TPSA) is 89.8 Å². The lowest BCUT2D eigenvalue weighted by Gasteiger charge is -2.12. The van der Waals surface area contributed by atoms with Crippen molar-refractivity contribution in [1.29, 1.82) is 0 Å². The Morgan fingerprint density at radius 1 is 1.09 bits per heavy atom. The molecule has 1 heterocycles. The van der Waals surface area contributed by atoms with E-state index in [0.717, 1.165) is 0 Å². The molecular formula is C23H19ClF2N2O5. The van der Waals surface area contributed by atoms with Gasteiger partial charge in [-0.05, 0) is 61.0 Å². The Bertz CT molecular complexity index is 1150. The summed E-state index contributed by atoms with van der Waals surface area (Å²) in [6, 6.07) is 11.9. The van der Waals surface area contributed by atoms with Crippen molar-refractivity contribution < 1.29 is 32.3 Å². The maximum atomic E-state index is 12.5. The van der Waals surface area contributed by atoms with Gasteiger partial charge in [0.05, 0.1) is 24.2 Å². The summed E-state index contributed by atoms with van der Waals surface area (Å²) >= 11 is 6.02. The number of furan rings is 1. The first-order valence-electron chi connectivity index (χ1n) is 9.71. The average molecular weight is 477 g/mol. The number of nitrogens with one attached hydrogen (secondary N) is 2. The zero-order valence-electron chi connectivity index (χ0n) is 17.3. The van der Waals surface area contributed by atoms with Gasteiger partial charge >= 0.3 is 6.61 Å². The molecule has 0 saturated carbocycles. The molecule has 172 valence electrons. The van der Waals surface area contributed by atoms with E-state index < -0.39 is 18.4 Å². The Labute approximate surface area is 192 Å². The molecule has 0 aliphatic rings. The number of halogens is 3. The summed E-state index contributed by atoms with van der Waals surface area (Å²) in [7, 11) is 0. The lowest BCUT2D eigenvalue weighted by Crippen LogP contribution is -2.15. The lowest BCUT2D eigenvalue weighted by atomic mass is 10.2. The molecule has 0 atom stereocenters.